The summed E-state index contributed by atoms with van der Waals surface area (Å²) >= 11 is 0. The number of anilines is 1. The Labute approximate surface area is 124 Å². The summed E-state index contributed by atoms with van der Waals surface area (Å²) in [6.07, 6.45) is 0. The molecular weight excluding hydrogens is 288 g/mol. The molecule has 21 heavy (non-hydrogen) atoms. The summed E-state index contributed by atoms with van der Waals surface area (Å²) < 4.78 is 26.9. The molecule has 0 fully saturated rings. The molecule has 0 aromatic heterocycles. The Morgan fingerprint density at radius 1 is 1.05 bits per heavy atom. The van der Waals surface area contributed by atoms with Crippen LogP contribution < -0.4 is 10.5 Å². The average molecular weight is 306 g/mol. The van der Waals surface area contributed by atoms with Crippen molar-refractivity contribution in [2.75, 3.05) is 12.3 Å². The molecule has 4 N–H and O–H groups in total. The van der Waals surface area contributed by atoms with Gasteiger partial charge in [0.25, 0.3) is 0 Å². The van der Waals surface area contributed by atoms with Crippen molar-refractivity contribution in [3.05, 3.63) is 65.7 Å². The lowest BCUT2D eigenvalue weighted by molar-refractivity contribution is 0.259. The molecule has 0 heterocycles. The molecule has 5 nitrogen and oxygen atoms in total. The second-order valence-electron chi connectivity index (χ2n) is 4.76. The number of aliphatic hydroxyl groups is 1. The van der Waals surface area contributed by atoms with E-state index in [1.807, 2.05) is 6.07 Å². The van der Waals surface area contributed by atoms with Crippen LogP contribution in [0.1, 0.15) is 17.2 Å². The van der Waals surface area contributed by atoms with E-state index in [4.69, 9.17) is 5.73 Å². The van der Waals surface area contributed by atoms with E-state index in [-0.39, 0.29) is 12.4 Å². The summed E-state index contributed by atoms with van der Waals surface area (Å²) in [5, 5.41) is 9.40. The smallest absolute Gasteiger partial charge is 0.216 e. The van der Waals surface area contributed by atoms with Crippen molar-refractivity contribution in [3.8, 4) is 0 Å². The van der Waals surface area contributed by atoms with Crippen molar-refractivity contribution >= 4 is 15.7 Å². The molecule has 0 aliphatic rings. The zero-order valence-corrected chi connectivity index (χ0v) is 12.3. The molecule has 6 heteroatoms. The number of aliphatic hydroxyl groups excluding tert-OH is 1. The van der Waals surface area contributed by atoms with E-state index in [9.17, 15) is 13.5 Å². The molecular formula is C15H18N2O3S. The third kappa shape index (κ3) is 4.56. The first-order valence-electron chi connectivity index (χ1n) is 6.50. The number of nitrogens with one attached hydrogen (secondary N) is 1. The Morgan fingerprint density at radius 3 is 2.24 bits per heavy atom. The van der Waals surface area contributed by atoms with Crippen molar-refractivity contribution in [1.82, 2.24) is 4.72 Å². The first kappa shape index (κ1) is 15.5. The van der Waals surface area contributed by atoms with Gasteiger partial charge in [-0.05, 0) is 23.3 Å². The van der Waals surface area contributed by atoms with Gasteiger partial charge >= 0.3 is 0 Å². The van der Waals surface area contributed by atoms with Crippen LogP contribution in [0, 0.1) is 0 Å². The predicted molar refractivity (Wildman–Crippen MR) is 82.9 cm³/mol. The summed E-state index contributed by atoms with van der Waals surface area (Å²) in [6, 6.07) is 15.0. The lowest BCUT2D eigenvalue weighted by atomic mass is 10.1. The van der Waals surface area contributed by atoms with Crippen LogP contribution in [0.4, 0.5) is 5.69 Å². The summed E-state index contributed by atoms with van der Waals surface area (Å²) in [4.78, 5) is 0. The highest BCUT2D eigenvalue weighted by atomic mass is 32.2. The molecule has 1 atom stereocenters. The predicted octanol–water partition coefficient (Wildman–Crippen LogP) is 1.42. The Balaban J connectivity index is 2.10. The highest BCUT2D eigenvalue weighted by molar-refractivity contribution is 7.88. The molecule has 0 aliphatic heterocycles. The van der Waals surface area contributed by atoms with Crippen LogP contribution in [0.15, 0.2) is 54.6 Å². The van der Waals surface area contributed by atoms with Gasteiger partial charge in [-0.1, -0.05) is 42.5 Å². The van der Waals surface area contributed by atoms with Crippen LogP contribution >= 0.6 is 0 Å². The van der Waals surface area contributed by atoms with Gasteiger partial charge in [-0.2, -0.15) is 0 Å². The van der Waals surface area contributed by atoms with Crippen LogP contribution in [0.25, 0.3) is 0 Å². The topological polar surface area (TPSA) is 92.4 Å². The summed E-state index contributed by atoms with van der Waals surface area (Å²) in [7, 11) is -3.56. The van der Waals surface area contributed by atoms with Crippen LogP contribution in [-0.4, -0.2) is 20.1 Å². The Kier molecular flexibility index (Phi) is 4.95. The lowest BCUT2D eigenvalue weighted by Crippen LogP contribution is -2.31. The zero-order valence-electron chi connectivity index (χ0n) is 11.4. The van der Waals surface area contributed by atoms with Crippen molar-refractivity contribution in [2.45, 2.75) is 11.8 Å². The molecule has 2 aromatic carbocycles. The molecule has 2 rings (SSSR count). The maximum absolute atomic E-state index is 12.2. The van der Waals surface area contributed by atoms with E-state index in [2.05, 4.69) is 4.72 Å². The molecule has 2 aromatic rings. The maximum atomic E-state index is 12.2. The SMILES string of the molecule is Nc1ccc(CS(=O)(=O)N[C@H](CO)c2ccccc2)cc1. The lowest BCUT2D eigenvalue weighted by Gasteiger charge is -2.17. The molecule has 0 unspecified atom stereocenters. The second-order valence-corrected chi connectivity index (χ2v) is 6.52. The van der Waals surface area contributed by atoms with E-state index < -0.39 is 16.1 Å². The van der Waals surface area contributed by atoms with Gasteiger partial charge in [0.05, 0.1) is 18.4 Å². The van der Waals surface area contributed by atoms with Crippen LogP contribution in [-0.2, 0) is 15.8 Å². The van der Waals surface area contributed by atoms with Gasteiger partial charge < -0.3 is 10.8 Å². The maximum Gasteiger partial charge on any atom is 0.216 e. The number of nitrogen functional groups attached to an aromatic ring is 1. The van der Waals surface area contributed by atoms with Crippen molar-refractivity contribution < 1.29 is 13.5 Å². The van der Waals surface area contributed by atoms with Gasteiger partial charge in [0.2, 0.25) is 10.0 Å². The monoisotopic (exact) mass is 306 g/mol. The minimum Gasteiger partial charge on any atom is -0.399 e. The van der Waals surface area contributed by atoms with Gasteiger partial charge in [0.1, 0.15) is 0 Å². The standard InChI is InChI=1S/C15H18N2O3S/c16-14-8-6-12(7-9-14)11-21(19,20)17-15(10-18)13-4-2-1-3-5-13/h1-9,15,17-18H,10-11,16H2/t15-/m1/s1. The number of rotatable bonds is 6. The zero-order chi connectivity index (χ0) is 15.3. The second kappa shape index (κ2) is 6.71. The molecule has 0 aliphatic carbocycles. The average Bonchev–Trinajstić information content (AvgIpc) is 2.48. The Morgan fingerprint density at radius 2 is 1.67 bits per heavy atom. The minimum atomic E-state index is -3.56. The fourth-order valence-corrected chi connectivity index (χ4v) is 3.35. The fraction of sp³-hybridized carbons (Fsp3) is 0.200. The van der Waals surface area contributed by atoms with Gasteiger partial charge in [-0.25, -0.2) is 13.1 Å². The third-order valence-corrected chi connectivity index (χ3v) is 4.40. The van der Waals surface area contributed by atoms with Crippen LogP contribution in [0.2, 0.25) is 0 Å². The van der Waals surface area contributed by atoms with E-state index >= 15 is 0 Å². The molecule has 0 bridgehead atoms. The van der Waals surface area contributed by atoms with E-state index in [0.29, 0.717) is 11.3 Å². The highest BCUT2D eigenvalue weighted by Gasteiger charge is 2.19. The van der Waals surface area contributed by atoms with E-state index in [0.717, 1.165) is 5.56 Å². The quantitative estimate of drug-likeness (QED) is 0.704. The molecule has 112 valence electrons. The first-order chi connectivity index (χ1) is 10.00. The number of hydrogen-bond donors (Lipinski definition) is 3. The minimum absolute atomic E-state index is 0.156. The molecule has 0 radical (unpaired) electrons. The van der Waals surface area contributed by atoms with Gasteiger partial charge in [0.15, 0.2) is 0 Å². The third-order valence-electron chi connectivity index (χ3n) is 3.04. The van der Waals surface area contributed by atoms with Gasteiger partial charge in [0, 0.05) is 5.69 Å². The molecule has 0 saturated heterocycles. The highest BCUT2D eigenvalue weighted by Crippen LogP contribution is 2.15. The van der Waals surface area contributed by atoms with E-state index in [1.165, 1.54) is 0 Å². The van der Waals surface area contributed by atoms with Gasteiger partial charge in [-0.15, -0.1) is 0 Å². The summed E-state index contributed by atoms with van der Waals surface area (Å²) in [5.74, 6) is -0.156. The van der Waals surface area contributed by atoms with Gasteiger partial charge in [-0.3, -0.25) is 0 Å². The Hall–Kier alpha value is -1.89. The molecule has 0 saturated carbocycles. The normalized spacial score (nSPS) is 13.0. The number of hydrogen-bond acceptors (Lipinski definition) is 4. The van der Waals surface area contributed by atoms with Crippen molar-refractivity contribution in [2.24, 2.45) is 0 Å². The number of benzene rings is 2. The number of nitrogens with two attached hydrogens (primary N) is 1. The largest absolute Gasteiger partial charge is 0.399 e. The van der Waals surface area contributed by atoms with E-state index in [1.54, 1.807) is 48.5 Å². The number of sulfonamides is 1. The van der Waals surface area contributed by atoms with Crippen LogP contribution in [0.5, 0.6) is 0 Å². The molecule has 0 spiro atoms. The van der Waals surface area contributed by atoms with Crippen molar-refractivity contribution in [3.63, 3.8) is 0 Å². The Bertz CT molecular complexity index is 670. The fourth-order valence-electron chi connectivity index (χ4n) is 1.99. The summed E-state index contributed by atoms with van der Waals surface area (Å²) in [5.41, 5.74) is 7.52. The first-order valence-corrected chi connectivity index (χ1v) is 8.15. The van der Waals surface area contributed by atoms with Crippen molar-refractivity contribution in [1.29, 1.82) is 0 Å². The van der Waals surface area contributed by atoms with Crippen LogP contribution in [0.3, 0.4) is 0 Å². The molecule has 0 amide bonds. The summed E-state index contributed by atoms with van der Waals surface area (Å²) in [6.45, 7) is -0.301.